The molecule has 0 aliphatic rings. The second kappa shape index (κ2) is 13.8. The second-order valence-electron chi connectivity index (χ2n) is 9.14. The van der Waals surface area contributed by atoms with Gasteiger partial charge in [-0.25, -0.2) is 0 Å². The summed E-state index contributed by atoms with van der Waals surface area (Å²) in [6.45, 7) is 6.97. The normalized spacial score (nSPS) is 11.7. The summed E-state index contributed by atoms with van der Waals surface area (Å²) in [5, 5.41) is 2.99. The van der Waals surface area contributed by atoms with Crippen LogP contribution in [0.15, 0.2) is 83.3 Å². The van der Waals surface area contributed by atoms with E-state index in [9.17, 15) is 9.59 Å². The smallest absolute Gasteiger partial charge is 0.261 e. The predicted octanol–water partition coefficient (Wildman–Crippen LogP) is 6.12. The molecule has 0 unspecified atom stereocenters. The molecule has 0 aliphatic heterocycles. The molecule has 0 fully saturated rings. The molecule has 0 saturated carbocycles. The van der Waals surface area contributed by atoms with Crippen LogP contribution in [0, 0.1) is 0 Å². The number of hydrogen-bond donors (Lipinski definition) is 1. The molecule has 1 N–H and O–H groups in total. The molecule has 0 bridgehead atoms. The molecule has 0 aliphatic carbocycles. The Kier molecular flexibility index (Phi) is 10.6. The monoisotopic (exact) mass is 550 g/mol. The quantitative estimate of drug-likeness (QED) is 0.295. The summed E-state index contributed by atoms with van der Waals surface area (Å²) < 4.78 is 6.75. The van der Waals surface area contributed by atoms with Crippen LogP contribution in [-0.4, -0.2) is 35.9 Å². The summed E-state index contributed by atoms with van der Waals surface area (Å²) in [4.78, 5) is 28.6. The van der Waals surface area contributed by atoms with Gasteiger partial charge in [-0.15, -0.1) is 0 Å². The van der Waals surface area contributed by atoms with Crippen LogP contribution in [0.1, 0.15) is 49.8 Å². The van der Waals surface area contributed by atoms with Crippen LogP contribution >= 0.6 is 15.9 Å². The highest BCUT2D eigenvalue weighted by Crippen LogP contribution is 2.29. The lowest BCUT2D eigenvalue weighted by Crippen LogP contribution is -2.51. The minimum absolute atomic E-state index is 0.160. The van der Waals surface area contributed by atoms with Gasteiger partial charge in [-0.2, -0.15) is 0 Å². The number of nitrogens with one attached hydrogen (secondary N) is 1. The van der Waals surface area contributed by atoms with Crippen molar-refractivity contribution in [3.63, 3.8) is 0 Å². The standard InChI is InChI=1S/C30H35BrN2O3/c1-4-17-32-30(35)27(18-23-11-7-5-8-12-23)33(20-24-13-9-6-10-14-24)29(34)21-36-28-16-15-25(22(2)3)19-26(28)31/h5-16,19,22,27H,4,17-18,20-21H2,1-3H3,(H,32,35)/t27-/m1/s1. The first-order valence-corrected chi connectivity index (χ1v) is 13.3. The highest BCUT2D eigenvalue weighted by Gasteiger charge is 2.30. The van der Waals surface area contributed by atoms with E-state index in [1.54, 1.807) is 4.90 Å². The summed E-state index contributed by atoms with van der Waals surface area (Å²) >= 11 is 3.57. The Labute approximate surface area is 223 Å². The Hall–Kier alpha value is -3.12. The van der Waals surface area contributed by atoms with E-state index in [-0.39, 0.29) is 18.4 Å². The first-order chi connectivity index (χ1) is 17.4. The molecule has 2 amide bonds. The molecule has 0 spiro atoms. The molecule has 0 heterocycles. The van der Waals surface area contributed by atoms with E-state index in [4.69, 9.17) is 4.74 Å². The van der Waals surface area contributed by atoms with Gasteiger partial charge in [0.05, 0.1) is 4.47 Å². The van der Waals surface area contributed by atoms with E-state index in [1.165, 1.54) is 5.56 Å². The molecule has 1 atom stereocenters. The number of halogens is 1. The number of hydrogen-bond acceptors (Lipinski definition) is 3. The SMILES string of the molecule is CCCNC(=O)[C@@H](Cc1ccccc1)N(Cc1ccccc1)C(=O)COc1ccc(C(C)C)cc1Br. The second-order valence-corrected chi connectivity index (χ2v) is 9.99. The van der Waals surface area contributed by atoms with Crippen LogP contribution in [0.25, 0.3) is 0 Å². The first kappa shape index (κ1) is 27.5. The summed E-state index contributed by atoms with van der Waals surface area (Å²) in [5.41, 5.74) is 3.13. The zero-order valence-electron chi connectivity index (χ0n) is 21.2. The van der Waals surface area contributed by atoms with Crippen molar-refractivity contribution >= 4 is 27.7 Å². The van der Waals surface area contributed by atoms with Crippen molar-refractivity contribution in [2.24, 2.45) is 0 Å². The van der Waals surface area contributed by atoms with Crippen molar-refractivity contribution in [2.75, 3.05) is 13.2 Å². The Morgan fingerprint density at radius 1 is 0.944 bits per heavy atom. The molecule has 3 rings (SSSR count). The van der Waals surface area contributed by atoms with Crippen molar-refractivity contribution < 1.29 is 14.3 Å². The summed E-state index contributed by atoms with van der Waals surface area (Å²) in [7, 11) is 0. The topological polar surface area (TPSA) is 58.6 Å². The summed E-state index contributed by atoms with van der Waals surface area (Å²) in [5.74, 6) is 0.583. The lowest BCUT2D eigenvalue weighted by molar-refractivity contribution is -0.142. The molecule has 190 valence electrons. The molecular formula is C30H35BrN2O3. The zero-order valence-corrected chi connectivity index (χ0v) is 22.8. The third kappa shape index (κ3) is 7.95. The fourth-order valence-electron chi connectivity index (χ4n) is 3.92. The lowest BCUT2D eigenvalue weighted by Gasteiger charge is -2.31. The van der Waals surface area contributed by atoms with Crippen LogP contribution in [0.2, 0.25) is 0 Å². The van der Waals surface area contributed by atoms with Gasteiger partial charge in [0.2, 0.25) is 5.91 Å². The Morgan fingerprint density at radius 3 is 2.17 bits per heavy atom. The van der Waals surface area contributed by atoms with Gasteiger partial charge >= 0.3 is 0 Å². The van der Waals surface area contributed by atoms with Crippen LogP contribution < -0.4 is 10.1 Å². The molecule has 36 heavy (non-hydrogen) atoms. The van der Waals surface area contributed by atoms with E-state index >= 15 is 0 Å². The van der Waals surface area contributed by atoms with Gasteiger partial charge in [0.1, 0.15) is 11.8 Å². The van der Waals surface area contributed by atoms with Gasteiger partial charge in [-0.1, -0.05) is 87.5 Å². The van der Waals surface area contributed by atoms with Crippen LogP contribution in [0.5, 0.6) is 5.75 Å². The zero-order chi connectivity index (χ0) is 25.9. The molecule has 3 aromatic carbocycles. The average Bonchev–Trinajstić information content (AvgIpc) is 2.89. The van der Waals surface area contributed by atoms with Gasteiger partial charge in [0, 0.05) is 19.5 Å². The third-order valence-electron chi connectivity index (χ3n) is 5.99. The van der Waals surface area contributed by atoms with Crippen LogP contribution in [0.4, 0.5) is 0 Å². The van der Waals surface area contributed by atoms with Gasteiger partial charge in [0.15, 0.2) is 6.61 Å². The molecular weight excluding hydrogens is 516 g/mol. The predicted molar refractivity (Wildman–Crippen MR) is 148 cm³/mol. The van der Waals surface area contributed by atoms with E-state index in [1.807, 2.05) is 85.8 Å². The van der Waals surface area contributed by atoms with Crippen molar-refractivity contribution in [1.29, 1.82) is 0 Å². The highest BCUT2D eigenvalue weighted by molar-refractivity contribution is 9.10. The minimum atomic E-state index is -0.665. The van der Waals surface area contributed by atoms with E-state index in [0.29, 0.717) is 31.2 Å². The van der Waals surface area contributed by atoms with E-state index in [2.05, 4.69) is 35.1 Å². The molecule has 0 saturated heterocycles. The minimum Gasteiger partial charge on any atom is -0.483 e. The van der Waals surface area contributed by atoms with Crippen molar-refractivity contribution in [1.82, 2.24) is 10.2 Å². The molecule has 0 aromatic heterocycles. The maximum Gasteiger partial charge on any atom is 0.261 e. The fourth-order valence-corrected chi connectivity index (χ4v) is 4.43. The highest BCUT2D eigenvalue weighted by atomic mass is 79.9. The largest absolute Gasteiger partial charge is 0.483 e. The van der Waals surface area contributed by atoms with Gasteiger partial charge in [0.25, 0.3) is 5.91 Å². The van der Waals surface area contributed by atoms with Crippen molar-refractivity contribution in [2.45, 2.75) is 52.1 Å². The first-order valence-electron chi connectivity index (χ1n) is 12.5. The van der Waals surface area contributed by atoms with Crippen LogP contribution in [0.3, 0.4) is 0 Å². The number of carbonyl (C=O) groups is 2. The third-order valence-corrected chi connectivity index (χ3v) is 6.61. The van der Waals surface area contributed by atoms with E-state index < -0.39 is 6.04 Å². The number of amides is 2. The van der Waals surface area contributed by atoms with Crippen molar-refractivity contribution in [3.05, 3.63) is 100 Å². The average molecular weight is 552 g/mol. The Balaban J connectivity index is 1.86. The van der Waals surface area contributed by atoms with Crippen molar-refractivity contribution in [3.8, 4) is 5.75 Å². The van der Waals surface area contributed by atoms with E-state index in [0.717, 1.165) is 22.0 Å². The Morgan fingerprint density at radius 2 is 1.58 bits per heavy atom. The maximum absolute atomic E-state index is 13.6. The number of nitrogens with zero attached hydrogens (tertiary/aromatic N) is 1. The summed E-state index contributed by atoms with van der Waals surface area (Å²) in [6.07, 6.45) is 1.24. The van der Waals surface area contributed by atoms with Gasteiger partial charge < -0.3 is 15.0 Å². The lowest BCUT2D eigenvalue weighted by atomic mass is 10.0. The fraction of sp³-hybridized carbons (Fsp3) is 0.333. The molecule has 3 aromatic rings. The van der Waals surface area contributed by atoms with Gasteiger partial charge in [-0.3, -0.25) is 9.59 Å². The van der Waals surface area contributed by atoms with Crippen LogP contribution in [-0.2, 0) is 22.6 Å². The number of carbonyl (C=O) groups excluding carboxylic acids is 2. The number of ether oxygens (including phenoxy) is 1. The Bertz CT molecular complexity index is 1120. The number of rotatable bonds is 12. The number of benzene rings is 3. The molecule has 0 radical (unpaired) electrons. The summed E-state index contributed by atoms with van der Waals surface area (Å²) in [6, 6.07) is 24.8. The molecule has 6 heteroatoms. The van der Waals surface area contributed by atoms with Gasteiger partial charge in [-0.05, 0) is 57.1 Å². The molecule has 5 nitrogen and oxygen atoms in total. The maximum atomic E-state index is 13.6.